The van der Waals surface area contributed by atoms with Crippen LogP contribution in [0.1, 0.15) is 27.0 Å². The van der Waals surface area contributed by atoms with E-state index in [0.717, 1.165) is 23.0 Å². The Bertz CT molecular complexity index is 645. The third-order valence-corrected chi connectivity index (χ3v) is 3.67. The molecule has 0 saturated heterocycles. The maximum atomic E-state index is 10.9. The average molecular weight is 305 g/mol. The number of aldehydes is 1. The third kappa shape index (κ3) is 3.37. The summed E-state index contributed by atoms with van der Waals surface area (Å²) >= 11 is 6.17. The van der Waals surface area contributed by atoms with Gasteiger partial charge in [-0.1, -0.05) is 29.8 Å². The van der Waals surface area contributed by atoms with Crippen LogP contribution in [0.5, 0.6) is 11.5 Å². The van der Waals surface area contributed by atoms with E-state index in [1.54, 1.807) is 12.1 Å². The Balaban J connectivity index is 2.30. The quantitative estimate of drug-likeness (QED) is 0.770. The zero-order valence-electron chi connectivity index (χ0n) is 12.3. The molecular formula is C17H17ClO3. The minimum atomic E-state index is 0.364. The van der Waals surface area contributed by atoms with Crippen molar-refractivity contribution in [2.45, 2.75) is 20.5 Å². The second-order valence-electron chi connectivity index (χ2n) is 4.81. The van der Waals surface area contributed by atoms with Crippen molar-refractivity contribution in [1.82, 2.24) is 0 Å². The number of hydrogen-bond acceptors (Lipinski definition) is 3. The highest BCUT2D eigenvalue weighted by atomic mass is 35.5. The Morgan fingerprint density at radius 2 is 1.86 bits per heavy atom. The maximum Gasteiger partial charge on any atom is 0.180 e. The molecule has 0 aliphatic rings. The van der Waals surface area contributed by atoms with Crippen LogP contribution in [0, 0.1) is 13.8 Å². The molecule has 2 aromatic carbocycles. The summed E-state index contributed by atoms with van der Waals surface area (Å²) in [5.41, 5.74) is 3.90. The van der Waals surface area contributed by atoms with Gasteiger partial charge in [0.25, 0.3) is 0 Å². The lowest BCUT2D eigenvalue weighted by atomic mass is 10.0. The predicted molar refractivity (Wildman–Crippen MR) is 83.6 cm³/mol. The van der Waals surface area contributed by atoms with Crippen molar-refractivity contribution in [3.63, 3.8) is 0 Å². The molecular weight excluding hydrogens is 288 g/mol. The van der Waals surface area contributed by atoms with Crippen molar-refractivity contribution in [1.29, 1.82) is 0 Å². The minimum absolute atomic E-state index is 0.364. The van der Waals surface area contributed by atoms with Crippen LogP contribution in [0.4, 0.5) is 0 Å². The van der Waals surface area contributed by atoms with Gasteiger partial charge in [0.05, 0.1) is 12.1 Å². The lowest BCUT2D eigenvalue weighted by Crippen LogP contribution is -2.02. The molecule has 21 heavy (non-hydrogen) atoms. The first kappa shape index (κ1) is 15.4. The molecule has 110 valence electrons. The van der Waals surface area contributed by atoms with Gasteiger partial charge in [0.1, 0.15) is 12.9 Å². The Morgan fingerprint density at radius 1 is 1.19 bits per heavy atom. The van der Waals surface area contributed by atoms with Crippen molar-refractivity contribution >= 4 is 17.9 Å². The van der Waals surface area contributed by atoms with Gasteiger partial charge in [0.15, 0.2) is 11.5 Å². The number of ether oxygens (including phenoxy) is 2. The van der Waals surface area contributed by atoms with E-state index in [1.165, 1.54) is 7.11 Å². The Labute approximate surface area is 129 Å². The number of methoxy groups -OCH3 is 1. The summed E-state index contributed by atoms with van der Waals surface area (Å²) in [6, 6.07) is 9.27. The van der Waals surface area contributed by atoms with Crippen molar-refractivity contribution < 1.29 is 14.3 Å². The van der Waals surface area contributed by atoms with E-state index >= 15 is 0 Å². The molecule has 0 heterocycles. The predicted octanol–water partition coefficient (Wildman–Crippen LogP) is 4.36. The molecule has 0 bridgehead atoms. The van der Waals surface area contributed by atoms with Gasteiger partial charge in [-0.15, -0.1) is 0 Å². The molecule has 0 atom stereocenters. The molecule has 0 N–H and O–H groups in total. The van der Waals surface area contributed by atoms with Crippen LogP contribution >= 0.6 is 11.6 Å². The van der Waals surface area contributed by atoms with E-state index in [0.29, 0.717) is 28.7 Å². The van der Waals surface area contributed by atoms with Gasteiger partial charge >= 0.3 is 0 Å². The standard InChI is InChI=1S/C17H17ClO3/c1-11-5-4-6-12(2)14(11)10-21-17-15(18)7-13(9-19)8-16(17)20-3/h4-9H,10H2,1-3H3. The third-order valence-electron chi connectivity index (χ3n) is 3.39. The molecule has 0 amide bonds. The minimum Gasteiger partial charge on any atom is -0.493 e. The summed E-state index contributed by atoms with van der Waals surface area (Å²) in [5.74, 6) is 0.906. The summed E-state index contributed by atoms with van der Waals surface area (Å²) in [6.07, 6.45) is 0.726. The molecule has 4 heteroatoms. The molecule has 2 rings (SSSR count). The van der Waals surface area contributed by atoms with Crippen molar-refractivity contribution in [3.05, 3.63) is 57.6 Å². The molecule has 0 radical (unpaired) electrons. The van der Waals surface area contributed by atoms with Gasteiger partial charge in [0, 0.05) is 5.56 Å². The van der Waals surface area contributed by atoms with Gasteiger partial charge < -0.3 is 9.47 Å². The fourth-order valence-corrected chi connectivity index (χ4v) is 2.44. The summed E-state index contributed by atoms with van der Waals surface area (Å²) in [5, 5.41) is 0.364. The number of rotatable bonds is 5. The van der Waals surface area contributed by atoms with Crippen LogP contribution < -0.4 is 9.47 Å². The molecule has 0 aromatic heterocycles. The number of hydrogen-bond donors (Lipinski definition) is 0. The number of carbonyl (C=O) groups excluding carboxylic acids is 1. The Morgan fingerprint density at radius 3 is 2.43 bits per heavy atom. The number of benzene rings is 2. The van der Waals surface area contributed by atoms with Crippen molar-refractivity contribution in [2.75, 3.05) is 7.11 Å². The zero-order chi connectivity index (χ0) is 15.4. The molecule has 0 saturated carbocycles. The number of halogens is 1. The fraction of sp³-hybridized carbons (Fsp3) is 0.235. The second-order valence-corrected chi connectivity index (χ2v) is 5.22. The fourth-order valence-electron chi connectivity index (χ4n) is 2.17. The SMILES string of the molecule is COc1cc(C=O)cc(Cl)c1OCc1c(C)cccc1C. The smallest absolute Gasteiger partial charge is 0.180 e. The van der Waals surface area contributed by atoms with Gasteiger partial charge in [-0.05, 0) is 42.7 Å². The normalized spacial score (nSPS) is 10.3. The van der Waals surface area contributed by atoms with Gasteiger partial charge in [-0.25, -0.2) is 0 Å². The molecule has 0 fully saturated rings. The van der Waals surface area contributed by atoms with Crippen LogP contribution in [-0.2, 0) is 6.61 Å². The van der Waals surface area contributed by atoms with Gasteiger partial charge in [-0.3, -0.25) is 4.79 Å². The molecule has 0 unspecified atom stereocenters. The van der Waals surface area contributed by atoms with E-state index in [2.05, 4.69) is 0 Å². The lowest BCUT2D eigenvalue weighted by molar-refractivity contribution is 0.112. The highest BCUT2D eigenvalue weighted by molar-refractivity contribution is 6.32. The highest BCUT2D eigenvalue weighted by Gasteiger charge is 2.13. The summed E-state index contributed by atoms with van der Waals surface area (Å²) in [4.78, 5) is 10.9. The summed E-state index contributed by atoms with van der Waals surface area (Å²) in [6.45, 7) is 4.48. The van der Waals surface area contributed by atoms with Crippen LogP contribution in [0.3, 0.4) is 0 Å². The van der Waals surface area contributed by atoms with E-state index in [9.17, 15) is 4.79 Å². The van der Waals surface area contributed by atoms with Gasteiger partial charge in [0.2, 0.25) is 0 Å². The average Bonchev–Trinajstić information content (AvgIpc) is 2.47. The van der Waals surface area contributed by atoms with Crippen molar-refractivity contribution in [3.8, 4) is 11.5 Å². The van der Waals surface area contributed by atoms with Crippen LogP contribution in [0.15, 0.2) is 30.3 Å². The van der Waals surface area contributed by atoms with E-state index < -0.39 is 0 Å². The molecule has 0 spiro atoms. The monoisotopic (exact) mass is 304 g/mol. The Hall–Kier alpha value is -2.00. The maximum absolute atomic E-state index is 10.9. The van der Waals surface area contributed by atoms with E-state index in [-0.39, 0.29) is 0 Å². The van der Waals surface area contributed by atoms with Crippen LogP contribution in [0.25, 0.3) is 0 Å². The van der Waals surface area contributed by atoms with E-state index in [1.807, 2.05) is 32.0 Å². The molecule has 2 aromatic rings. The first-order valence-electron chi connectivity index (χ1n) is 6.57. The molecule has 3 nitrogen and oxygen atoms in total. The topological polar surface area (TPSA) is 35.5 Å². The van der Waals surface area contributed by atoms with E-state index in [4.69, 9.17) is 21.1 Å². The number of aryl methyl sites for hydroxylation is 2. The van der Waals surface area contributed by atoms with Gasteiger partial charge in [-0.2, -0.15) is 0 Å². The second kappa shape index (κ2) is 6.64. The number of carbonyl (C=O) groups is 1. The summed E-state index contributed by atoms with van der Waals surface area (Å²) in [7, 11) is 1.52. The first-order chi connectivity index (χ1) is 10.1. The van der Waals surface area contributed by atoms with Crippen LogP contribution in [0.2, 0.25) is 5.02 Å². The van der Waals surface area contributed by atoms with Crippen molar-refractivity contribution in [2.24, 2.45) is 0 Å². The lowest BCUT2D eigenvalue weighted by Gasteiger charge is -2.15. The largest absolute Gasteiger partial charge is 0.493 e. The first-order valence-corrected chi connectivity index (χ1v) is 6.95. The van der Waals surface area contributed by atoms with Crippen LogP contribution in [-0.4, -0.2) is 13.4 Å². The Kier molecular flexibility index (Phi) is 4.86. The zero-order valence-corrected chi connectivity index (χ0v) is 13.0. The molecule has 0 aliphatic heterocycles. The highest BCUT2D eigenvalue weighted by Crippen LogP contribution is 2.36. The summed E-state index contributed by atoms with van der Waals surface area (Å²) < 4.78 is 11.1. The molecule has 0 aliphatic carbocycles.